The number of rotatable bonds is 11. The number of benzene rings is 2. The van der Waals surface area contributed by atoms with E-state index in [1.807, 2.05) is 30.3 Å². The van der Waals surface area contributed by atoms with Crippen molar-refractivity contribution < 1.29 is 28.5 Å². The van der Waals surface area contributed by atoms with Crippen LogP contribution in [0.25, 0.3) is 0 Å². The predicted octanol–water partition coefficient (Wildman–Crippen LogP) is 2.26. The lowest BCUT2D eigenvalue weighted by Gasteiger charge is -2.29. The van der Waals surface area contributed by atoms with Crippen LogP contribution in [0.2, 0.25) is 0 Å². The maximum absolute atomic E-state index is 14.4. The van der Waals surface area contributed by atoms with Crippen LogP contribution in [0.15, 0.2) is 54.6 Å². The molecule has 2 rings (SSSR count). The number of alkyl halides is 2. The van der Waals surface area contributed by atoms with Gasteiger partial charge in [-0.25, -0.2) is 0 Å². The molecule has 0 aliphatic carbocycles. The van der Waals surface area contributed by atoms with E-state index >= 15 is 0 Å². The molecule has 2 aromatic carbocycles. The van der Waals surface area contributed by atoms with Gasteiger partial charge in [-0.2, -0.15) is 8.78 Å². The molecule has 6 nitrogen and oxygen atoms in total. The van der Waals surface area contributed by atoms with Gasteiger partial charge in [-0.3, -0.25) is 4.79 Å². The Hall–Kier alpha value is -2.55. The van der Waals surface area contributed by atoms with Crippen molar-refractivity contribution in [2.24, 2.45) is 11.7 Å². The molecule has 3 atom stereocenters. The van der Waals surface area contributed by atoms with E-state index < -0.39 is 36.6 Å². The number of ether oxygens (including phenoxy) is 1. The van der Waals surface area contributed by atoms with E-state index in [1.165, 1.54) is 0 Å². The van der Waals surface area contributed by atoms with Crippen LogP contribution in [0.1, 0.15) is 25.0 Å². The standard InChI is InChI=1S/C23H30F2N2O4/c1-15(2)20(13-28)27-22(30)23(24,25)21(29)19(26)12-16-8-10-18(11-9-16)31-14-17-6-4-3-5-7-17/h3-11,15,19-21,28-29H,12-14,26H2,1-2H3,(H,27,30)/t19?,20-,21?/m1/s1. The zero-order valence-electron chi connectivity index (χ0n) is 17.7. The Morgan fingerprint density at radius 3 is 2.26 bits per heavy atom. The minimum atomic E-state index is -4.10. The number of hydrogen-bond donors (Lipinski definition) is 4. The number of carbonyl (C=O) groups excluding carboxylic acids is 1. The summed E-state index contributed by atoms with van der Waals surface area (Å²) in [5.74, 6) is -5.40. The van der Waals surface area contributed by atoms with Crippen LogP contribution in [-0.4, -0.2) is 46.8 Å². The molecule has 0 radical (unpaired) electrons. The van der Waals surface area contributed by atoms with E-state index in [1.54, 1.807) is 38.1 Å². The highest BCUT2D eigenvalue weighted by molar-refractivity contribution is 5.84. The van der Waals surface area contributed by atoms with Gasteiger partial charge in [0.05, 0.1) is 12.6 Å². The van der Waals surface area contributed by atoms with E-state index in [9.17, 15) is 23.8 Å². The summed E-state index contributed by atoms with van der Waals surface area (Å²) < 4.78 is 34.5. The molecule has 0 fully saturated rings. The third kappa shape index (κ3) is 6.99. The largest absolute Gasteiger partial charge is 0.489 e. The average Bonchev–Trinajstić information content (AvgIpc) is 2.76. The smallest absolute Gasteiger partial charge is 0.351 e. The fourth-order valence-electron chi connectivity index (χ4n) is 2.94. The Balaban J connectivity index is 1.93. The first-order valence-corrected chi connectivity index (χ1v) is 10.1. The van der Waals surface area contributed by atoms with Crippen molar-refractivity contribution in [3.05, 3.63) is 65.7 Å². The minimum absolute atomic E-state index is 0.0589. The molecule has 1 amide bonds. The summed E-state index contributed by atoms with van der Waals surface area (Å²) in [4.78, 5) is 12.0. The quantitative estimate of drug-likeness (QED) is 0.433. The molecule has 0 heterocycles. The fraction of sp³-hybridized carbons (Fsp3) is 0.435. The van der Waals surface area contributed by atoms with Crippen LogP contribution in [0.5, 0.6) is 5.75 Å². The van der Waals surface area contributed by atoms with E-state index in [4.69, 9.17) is 10.5 Å². The zero-order valence-corrected chi connectivity index (χ0v) is 17.7. The molecular formula is C23H30F2N2O4. The first-order chi connectivity index (χ1) is 14.6. The van der Waals surface area contributed by atoms with Gasteiger partial charge in [-0.05, 0) is 35.6 Å². The Bertz CT molecular complexity index is 816. The van der Waals surface area contributed by atoms with Crippen LogP contribution in [0, 0.1) is 5.92 Å². The molecule has 0 aliphatic heterocycles. The van der Waals surface area contributed by atoms with Gasteiger partial charge in [0.15, 0.2) is 0 Å². The van der Waals surface area contributed by atoms with Crippen molar-refractivity contribution in [2.45, 2.75) is 51.0 Å². The van der Waals surface area contributed by atoms with E-state index in [2.05, 4.69) is 5.32 Å². The monoisotopic (exact) mass is 436 g/mol. The molecule has 5 N–H and O–H groups in total. The van der Waals surface area contributed by atoms with Gasteiger partial charge in [-0.15, -0.1) is 0 Å². The predicted molar refractivity (Wildman–Crippen MR) is 114 cm³/mol. The van der Waals surface area contributed by atoms with Crippen molar-refractivity contribution in [1.29, 1.82) is 0 Å². The summed E-state index contributed by atoms with van der Waals surface area (Å²) >= 11 is 0. The molecule has 0 bridgehead atoms. The Labute approximate surface area is 181 Å². The van der Waals surface area contributed by atoms with Gasteiger partial charge in [0.2, 0.25) is 0 Å². The van der Waals surface area contributed by atoms with E-state index in [-0.39, 0.29) is 12.3 Å². The summed E-state index contributed by atoms with van der Waals surface area (Å²) in [5, 5.41) is 21.3. The molecule has 0 spiro atoms. The lowest BCUT2D eigenvalue weighted by Crippen LogP contribution is -2.58. The lowest BCUT2D eigenvalue weighted by molar-refractivity contribution is -0.167. The molecular weight excluding hydrogens is 406 g/mol. The summed E-state index contributed by atoms with van der Waals surface area (Å²) in [5.41, 5.74) is 7.41. The van der Waals surface area contributed by atoms with Crippen molar-refractivity contribution in [3.8, 4) is 5.75 Å². The molecule has 170 valence electrons. The molecule has 31 heavy (non-hydrogen) atoms. The molecule has 0 aromatic heterocycles. The van der Waals surface area contributed by atoms with Crippen molar-refractivity contribution in [1.82, 2.24) is 5.32 Å². The van der Waals surface area contributed by atoms with Crippen molar-refractivity contribution in [3.63, 3.8) is 0 Å². The van der Waals surface area contributed by atoms with Crippen LogP contribution in [0.4, 0.5) is 8.78 Å². The third-order valence-corrected chi connectivity index (χ3v) is 5.04. The van der Waals surface area contributed by atoms with Crippen LogP contribution >= 0.6 is 0 Å². The maximum atomic E-state index is 14.4. The van der Waals surface area contributed by atoms with Gasteiger partial charge in [0.1, 0.15) is 18.5 Å². The van der Waals surface area contributed by atoms with Crippen LogP contribution in [0.3, 0.4) is 0 Å². The first kappa shape index (κ1) is 24.7. The number of hydrogen-bond acceptors (Lipinski definition) is 5. The number of aliphatic hydroxyl groups is 2. The Kier molecular flexibility index (Phi) is 8.91. The second-order valence-corrected chi connectivity index (χ2v) is 7.86. The minimum Gasteiger partial charge on any atom is -0.489 e. The molecule has 8 heteroatoms. The highest BCUT2D eigenvalue weighted by Gasteiger charge is 2.49. The summed E-state index contributed by atoms with van der Waals surface area (Å²) in [6, 6.07) is 14.1. The number of nitrogens with one attached hydrogen (secondary N) is 1. The molecule has 0 saturated heterocycles. The fourth-order valence-corrected chi connectivity index (χ4v) is 2.94. The normalized spacial score (nSPS) is 14.7. The van der Waals surface area contributed by atoms with Crippen molar-refractivity contribution in [2.75, 3.05) is 6.61 Å². The van der Waals surface area contributed by atoms with E-state index in [0.717, 1.165) is 5.56 Å². The molecule has 0 aliphatic rings. The average molecular weight is 436 g/mol. The van der Waals surface area contributed by atoms with Gasteiger partial charge in [-0.1, -0.05) is 56.3 Å². The second kappa shape index (κ2) is 11.2. The van der Waals surface area contributed by atoms with E-state index in [0.29, 0.717) is 17.9 Å². The number of aliphatic hydroxyl groups excluding tert-OH is 2. The topological polar surface area (TPSA) is 105 Å². The zero-order chi connectivity index (χ0) is 23.0. The lowest BCUT2D eigenvalue weighted by atomic mass is 9.96. The van der Waals surface area contributed by atoms with Crippen molar-refractivity contribution >= 4 is 5.91 Å². The van der Waals surface area contributed by atoms with Gasteiger partial charge in [0, 0.05) is 6.04 Å². The number of amides is 1. The summed E-state index contributed by atoms with van der Waals surface area (Å²) in [7, 11) is 0. The SMILES string of the molecule is CC(C)[C@@H](CO)NC(=O)C(F)(F)C(O)C(N)Cc1ccc(OCc2ccccc2)cc1. The highest BCUT2D eigenvalue weighted by Crippen LogP contribution is 2.24. The Morgan fingerprint density at radius 2 is 1.71 bits per heavy atom. The third-order valence-electron chi connectivity index (χ3n) is 5.04. The van der Waals surface area contributed by atoms with Gasteiger partial charge in [0.25, 0.3) is 5.91 Å². The van der Waals surface area contributed by atoms with Crippen LogP contribution in [-0.2, 0) is 17.8 Å². The van der Waals surface area contributed by atoms with Gasteiger partial charge < -0.3 is 26.0 Å². The van der Waals surface area contributed by atoms with Crippen LogP contribution < -0.4 is 15.8 Å². The molecule has 2 aromatic rings. The van der Waals surface area contributed by atoms with Gasteiger partial charge >= 0.3 is 5.92 Å². The highest BCUT2D eigenvalue weighted by atomic mass is 19.3. The number of carbonyl (C=O) groups is 1. The molecule has 0 saturated carbocycles. The maximum Gasteiger partial charge on any atom is 0.351 e. The first-order valence-electron chi connectivity index (χ1n) is 10.1. The summed E-state index contributed by atoms with van der Waals surface area (Å²) in [6.45, 7) is 3.26. The number of halogens is 2. The Morgan fingerprint density at radius 1 is 1.10 bits per heavy atom. The second-order valence-electron chi connectivity index (χ2n) is 7.86. The summed E-state index contributed by atoms with van der Waals surface area (Å²) in [6.07, 6.45) is -2.44. The number of nitrogens with two attached hydrogens (primary N) is 1. The molecule has 2 unspecified atom stereocenters.